The Morgan fingerprint density at radius 2 is 2.12 bits per heavy atom. The number of benzene rings is 1. The van der Waals surface area contributed by atoms with Gasteiger partial charge in [-0.15, -0.1) is 0 Å². The molecule has 3 unspecified atom stereocenters. The largest absolute Gasteiger partial charge is 0.508 e. The van der Waals surface area contributed by atoms with Gasteiger partial charge in [0.05, 0.1) is 0 Å². The van der Waals surface area contributed by atoms with E-state index in [0.717, 1.165) is 23.9 Å². The van der Waals surface area contributed by atoms with Crippen LogP contribution in [0.3, 0.4) is 0 Å². The molecule has 1 saturated carbocycles. The van der Waals surface area contributed by atoms with Gasteiger partial charge in [0.25, 0.3) is 0 Å². The Hall–Kier alpha value is -1.02. The van der Waals surface area contributed by atoms with Gasteiger partial charge in [0.1, 0.15) is 5.75 Å². The smallest absolute Gasteiger partial charge is 0.120 e. The minimum absolute atomic E-state index is 0.229. The Kier molecular flexibility index (Phi) is 4.06. The maximum Gasteiger partial charge on any atom is 0.120 e. The molecule has 0 aromatic heterocycles. The van der Waals surface area contributed by atoms with E-state index in [0.29, 0.717) is 5.75 Å². The Labute approximate surface area is 104 Å². The van der Waals surface area contributed by atoms with Crippen molar-refractivity contribution in [3.8, 4) is 5.75 Å². The van der Waals surface area contributed by atoms with E-state index in [-0.39, 0.29) is 6.04 Å². The van der Waals surface area contributed by atoms with E-state index in [1.165, 1.54) is 19.3 Å². The molecule has 0 bridgehead atoms. The molecule has 2 nitrogen and oxygen atoms in total. The Morgan fingerprint density at radius 1 is 1.35 bits per heavy atom. The predicted molar refractivity (Wildman–Crippen MR) is 71.0 cm³/mol. The van der Waals surface area contributed by atoms with Gasteiger partial charge >= 0.3 is 0 Å². The Balaban J connectivity index is 1.85. The summed E-state index contributed by atoms with van der Waals surface area (Å²) in [6, 6.07) is 7.82. The Bertz CT molecular complexity index is 364. The molecule has 2 heteroatoms. The molecular formula is C15H23NO. The van der Waals surface area contributed by atoms with E-state index in [4.69, 9.17) is 0 Å². The average molecular weight is 233 g/mol. The molecular weight excluding hydrogens is 210 g/mol. The van der Waals surface area contributed by atoms with Crippen molar-refractivity contribution in [1.82, 2.24) is 5.32 Å². The molecule has 94 valence electrons. The summed E-state index contributed by atoms with van der Waals surface area (Å²) in [5.41, 5.74) is 0.999. The zero-order valence-electron chi connectivity index (χ0n) is 10.8. The van der Waals surface area contributed by atoms with Crippen LogP contribution < -0.4 is 5.32 Å². The van der Waals surface area contributed by atoms with Crippen molar-refractivity contribution in [2.45, 2.75) is 39.2 Å². The molecule has 17 heavy (non-hydrogen) atoms. The summed E-state index contributed by atoms with van der Waals surface area (Å²) in [6.45, 7) is 5.53. The molecule has 0 aliphatic heterocycles. The third kappa shape index (κ3) is 3.22. The number of aromatic hydroxyl groups is 1. The van der Waals surface area contributed by atoms with Crippen LogP contribution in [0.25, 0.3) is 0 Å². The number of phenols is 1. The second-order valence-corrected chi connectivity index (χ2v) is 5.47. The summed E-state index contributed by atoms with van der Waals surface area (Å²) in [5.74, 6) is 2.10. The fourth-order valence-electron chi connectivity index (χ4n) is 2.82. The summed E-state index contributed by atoms with van der Waals surface area (Å²) in [5, 5.41) is 13.3. The van der Waals surface area contributed by atoms with Gasteiger partial charge in [-0.05, 0) is 44.2 Å². The van der Waals surface area contributed by atoms with E-state index < -0.39 is 0 Å². The average Bonchev–Trinajstić information content (AvgIpc) is 2.73. The number of rotatable bonds is 4. The SMILES string of the molecule is CC1CCC(CNC(C)c2ccccc2O)C1. The standard InChI is InChI=1S/C15H23NO/c1-11-7-8-13(9-11)10-16-12(2)14-5-3-4-6-15(14)17/h3-6,11-13,16-17H,7-10H2,1-2H3. The first-order valence-corrected chi connectivity index (χ1v) is 6.68. The number of para-hydroxylation sites is 1. The lowest BCUT2D eigenvalue weighted by atomic mass is 10.0. The first-order valence-electron chi connectivity index (χ1n) is 6.68. The zero-order valence-corrected chi connectivity index (χ0v) is 10.8. The van der Waals surface area contributed by atoms with Gasteiger partial charge < -0.3 is 10.4 Å². The van der Waals surface area contributed by atoms with Crippen LogP contribution in [0, 0.1) is 11.8 Å². The normalized spacial score (nSPS) is 26.0. The summed E-state index contributed by atoms with van der Waals surface area (Å²) in [4.78, 5) is 0. The molecule has 1 aliphatic rings. The van der Waals surface area contributed by atoms with Crippen molar-refractivity contribution >= 4 is 0 Å². The maximum atomic E-state index is 9.77. The number of hydrogen-bond donors (Lipinski definition) is 2. The van der Waals surface area contributed by atoms with E-state index in [2.05, 4.69) is 19.2 Å². The van der Waals surface area contributed by atoms with Gasteiger partial charge in [-0.25, -0.2) is 0 Å². The molecule has 1 aliphatic carbocycles. The molecule has 2 N–H and O–H groups in total. The van der Waals surface area contributed by atoms with Crippen LogP contribution in [0.5, 0.6) is 5.75 Å². The van der Waals surface area contributed by atoms with Crippen molar-refractivity contribution in [2.75, 3.05) is 6.54 Å². The minimum Gasteiger partial charge on any atom is -0.508 e. The van der Waals surface area contributed by atoms with Gasteiger partial charge in [-0.3, -0.25) is 0 Å². The highest BCUT2D eigenvalue weighted by molar-refractivity contribution is 5.34. The number of phenolic OH excluding ortho intramolecular Hbond substituents is 1. The molecule has 3 atom stereocenters. The van der Waals surface area contributed by atoms with Gasteiger partial charge in [-0.1, -0.05) is 31.5 Å². The molecule has 0 amide bonds. The van der Waals surface area contributed by atoms with E-state index in [9.17, 15) is 5.11 Å². The second-order valence-electron chi connectivity index (χ2n) is 5.47. The molecule has 0 heterocycles. The highest BCUT2D eigenvalue weighted by Crippen LogP contribution is 2.30. The minimum atomic E-state index is 0.229. The third-order valence-electron chi connectivity index (χ3n) is 3.92. The van der Waals surface area contributed by atoms with E-state index in [1.54, 1.807) is 6.07 Å². The maximum absolute atomic E-state index is 9.77. The fourth-order valence-corrected chi connectivity index (χ4v) is 2.82. The molecule has 0 saturated heterocycles. The number of hydrogen-bond acceptors (Lipinski definition) is 2. The predicted octanol–water partition coefficient (Wildman–Crippen LogP) is 3.48. The molecule has 1 fully saturated rings. The lowest BCUT2D eigenvalue weighted by Gasteiger charge is -2.18. The van der Waals surface area contributed by atoms with Crippen LogP contribution in [-0.2, 0) is 0 Å². The molecule has 0 radical (unpaired) electrons. The van der Waals surface area contributed by atoms with Gasteiger partial charge in [0.15, 0.2) is 0 Å². The van der Waals surface area contributed by atoms with Gasteiger partial charge in [-0.2, -0.15) is 0 Å². The summed E-state index contributed by atoms with van der Waals surface area (Å²) in [6.07, 6.45) is 4.07. The first-order chi connectivity index (χ1) is 8.16. The van der Waals surface area contributed by atoms with Crippen LogP contribution >= 0.6 is 0 Å². The number of nitrogens with one attached hydrogen (secondary N) is 1. The lowest BCUT2D eigenvalue weighted by molar-refractivity contribution is 0.421. The molecule has 2 rings (SSSR count). The lowest BCUT2D eigenvalue weighted by Crippen LogP contribution is -2.24. The van der Waals surface area contributed by atoms with Crippen LogP contribution in [0.2, 0.25) is 0 Å². The van der Waals surface area contributed by atoms with E-state index in [1.807, 2.05) is 18.2 Å². The molecule has 0 spiro atoms. The van der Waals surface area contributed by atoms with Crippen molar-refractivity contribution < 1.29 is 5.11 Å². The summed E-state index contributed by atoms with van der Waals surface area (Å²) < 4.78 is 0. The van der Waals surface area contributed by atoms with Gasteiger partial charge in [0.2, 0.25) is 0 Å². The quantitative estimate of drug-likeness (QED) is 0.834. The summed E-state index contributed by atoms with van der Waals surface area (Å²) in [7, 11) is 0. The van der Waals surface area contributed by atoms with Crippen LogP contribution in [-0.4, -0.2) is 11.7 Å². The third-order valence-corrected chi connectivity index (χ3v) is 3.92. The second kappa shape index (κ2) is 5.54. The molecule has 1 aromatic rings. The first kappa shape index (κ1) is 12.4. The van der Waals surface area contributed by atoms with Crippen molar-refractivity contribution in [1.29, 1.82) is 0 Å². The highest BCUT2D eigenvalue weighted by Gasteiger charge is 2.21. The van der Waals surface area contributed by atoms with Crippen LogP contribution in [0.1, 0.15) is 44.7 Å². The van der Waals surface area contributed by atoms with Crippen LogP contribution in [0.15, 0.2) is 24.3 Å². The van der Waals surface area contributed by atoms with Crippen molar-refractivity contribution in [3.05, 3.63) is 29.8 Å². The highest BCUT2D eigenvalue weighted by atomic mass is 16.3. The van der Waals surface area contributed by atoms with E-state index >= 15 is 0 Å². The zero-order chi connectivity index (χ0) is 12.3. The monoisotopic (exact) mass is 233 g/mol. The van der Waals surface area contributed by atoms with Gasteiger partial charge in [0, 0.05) is 11.6 Å². The van der Waals surface area contributed by atoms with Crippen molar-refractivity contribution in [2.24, 2.45) is 11.8 Å². The van der Waals surface area contributed by atoms with Crippen LogP contribution in [0.4, 0.5) is 0 Å². The summed E-state index contributed by atoms with van der Waals surface area (Å²) >= 11 is 0. The van der Waals surface area contributed by atoms with Crippen molar-refractivity contribution in [3.63, 3.8) is 0 Å². The Morgan fingerprint density at radius 3 is 2.76 bits per heavy atom. The topological polar surface area (TPSA) is 32.3 Å². The molecule has 1 aromatic carbocycles. The fraction of sp³-hybridized carbons (Fsp3) is 0.600.